The van der Waals surface area contributed by atoms with Gasteiger partial charge in [-0.2, -0.15) is 0 Å². The van der Waals surface area contributed by atoms with Crippen LogP contribution in [-0.2, 0) is 11.3 Å². The highest BCUT2D eigenvalue weighted by Crippen LogP contribution is 2.23. The van der Waals surface area contributed by atoms with Gasteiger partial charge in [-0.25, -0.2) is 0 Å². The Kier molecular flexibility index (Phi) is 3.90. The number of hydrogen-bond donors (Lipinski definition) is 2. The topological polar surface area (TPSA) is 66.6 Å². The molecule has 1 aliphatic rings. The molecule has 0 saturated carbocycles. The number of hydrogen-bond acceptors (Lipinski definition) is 3. The number of rotatable bonds is 3. The van der Waals surface area contributed by atoms with Crippen LogP contribution in [0.25, 0.3) is 0 Å². The summed E-state index contributed by atoms with van der Waals surface area (Å²) in [6.45, 7) is 1.80. The van der Waals surface area contributed by atoms with Gasteiger partial charge in [-0.05, 0) is 37.1 Å². The fourth-order valence-electron chi connectivity index (χ4n) is 2.35. The number of piperidine rings is 1. The Balaban J connectivity index is 2.04. The number of nitrogens with two attached hydrogens (primary N) is 1. The van der Waals surface area contributed by atoms with Gasteiger partial charge in [-0.3, -0.25) is 9.69 Å². The van der Waals surface area contributed by atoms with E-state index in [1.165, 1.54) is 0 Å². The van der Waals surface area contributed by atoms with Crippen molar-refractivity contribution in [1.29, 1.82) is 0 Å². The molecular weight excluding hydrogens is 252 g/mol. The van der Waals surface area contributed by atoms with Crippen LogP contribution < -0.4 is 5.73 Å². The normalized spacial score (nSPS) is 25.0. The van der Waals surface area contributed by atoms with Crippen LogP contribution >= 0.6 is 11.6 Å². The van der Waals surface area contributed by atoms with Crippen molar-refractivity contribution in [2.24, 2.45) is 5.73 Å². The van der Waals surface area contributed by atoms with Gasteiger partial charge in [0.1, 0.15) is 0 Å². The van der Waals surface area contributed by atoms with Gasteiger partial charge in [0.05, 0.1) is 0 Å². The van der Waals surface area contributed by atoms with Crippen molar-refractivity contribution in [1.82, 2.24) is 4.90 Å². The Morgan fingerprint density at radius 2 is 2.33 bits per heavy atom. The molecule has 98 valence electrons. The smallest absolute Gasteiger partial charge is 0.250 e. The van der Waals surface area contributed by atoms with Gasteiger partial charge in [-0.15, -0.1) is 0 Å². The first kappa shape index (κ1) is 13.3. The van der Waals surface area contributed by atoms with Gasteiger partial charge in [0, 0.05) is 18.1 Å². The number of β-amino-alcohol motifs (C(OH)–C–C–N with tert-alkyl or cyclic N) is 1. The quantitative estimate of drug-likeness (QED) is 0.864. The summed E-state index contributed by atoms with van der Waals surface area (Å²) >= 11 is 5.93. The number of carbonyl (C=O) groups excluding carboxylic acids is 1. The maximum absolute atomic E-state index is 11.3. The summed E-state index contributed by atoms with van der Waals surface area (Å²) in [6.07, 6.45) is 1.20. The second-order valence-electron chi connectivity index (χ2n) is 4.84. The largest absolute Gasteiger partial charge is 0.379 e. The van der Waals surface area contributed by atoms with Crippen molar-refractivity contribution in [3.05, 3.63) is 34.9 Å². The summed E-state index contributed by atoms with van der Waals surface area (Å²) in [6, 6.07) is 7.58. The van der Waals surface area contributed by atoms with E-state index < -0.39 is 11.5 Å². The number of primary amides is 1. The summed E-state index contributed by atoms with van der Waals surface area (Å²) in [4.78, 5) is 13.3. The lowest BCUT2D eigenvalue weighted by molar-refractivity contribution is -0.142. The number of likely N-dealkylation sites (tertiary alicyclic amines) is 1. The van der Waals surface area contributed by atoms with E-state index in [0.717, 1.165) is 18.5 Å². The van der Waals surface area contributed by atoms with Crippen LogP contribution in [0, 0.1) is 0 Å². The Morgan fingerprint density at radius 3 is 3.00 bits per heavy atom. The van der Waals surface area contributed by atoms with E-state index in [2.05, 4.69) is 0 Å². The molecule has 1 amide bonds. The first-order chi connectivity index (χ1) is 8.49. The zero-order valence-electron chi connectivity index (χ0n) is 10.1. The van der Waals surface area contributed by atoms with Crippen molar-refractivity contribution in [2.75, 3.05) is 13.1 Å². The van der Waals surface area contributed by atoms with Crippen LogP contribution in [-0.4, -0.2) is 34.6 Å². The third-order valence-corrected chi connectivity index (χ3v) is 3.54. The minimum absolute atomic E-state index is 0.287. The fraction of sp³-hybridized carbons (Fsp3) is 0.462. The first-order valence-electron chi connectivity index (χ1n) is 5.99. The minimum Gasteiger partial charge on any atom is -0.379 e. The van der Waals surface area contributed by atoms with Crippen molar-refractivity contribution in [3.63, 3.8) is 0 Å². The molecule has 18 heavy (non-hydrogen) atoms. The van der Waals surface area contributed by atoms with Crippen LogP contribution in [0.3, 0.4) is 0 Å². The van der Waals surface area contributed by atoms with E-state index in [-0.39, 0.29) is 6.54 Å². The molecule has 1 atom stereocenters. The average molecular weight is 269 g/mol. The van der Waals surface area contributed by atoms with Crippen LogP contribution in [0.5, 0.6) is 0 Å². The Labute approximate surface area is 111 Å². The maximum Gasteiger partial charge on any atom is 0.250 e. The van der Waals surface area contributed by atoms with Crippen LogP contribution in [0.4, 0.5) is 0 Å². The Bertz CT molecular complexity index is 452. The van der Waals surface area contributed by atoms with Crippen molar-refractivity contribution < 1.29 is 9.90 Å². The number of nitrogens with zero attached hydrogens (tertiary/aromatic N) is 1. The molecule has 0 bridgehead atoms. The second-order valence-corrected chi connectivity index (χ2v) is 5.28. The number of aliphatic hydroxyl groups is 1. The van der Waals surface area contributed by atoms with E-state index in [1.54, 1.807) is 0 Å². The molecule has 1 unspecified atom stereocenters. The monoisotopic (exact) mass is 268 g/mol. The average Bonchev–Trinajstić information content (AvgIpc) is 2.29. The summed E-state index contributed by atoms with van der Waals surface area (Å²) in [7, 11) is 0. The molecule has 2 rings (SSSR count). The maximum atomic E-state index is 11.3. The predicted molar refractivity (Wildman–Crippen MR) is 70.1 cm³/mol. The molecule has 1 fully saturated rings. The lowest BCUT2D eigenvalue weighted by Gasteiger charge is -2.37. The van der Waals surface area contributed by atoms with E-state index in [9.17, 15) is 9.90 Å². The fourth-order valence-corrected chi connectivity index (χ4v) is 2.57. The van der Waals surface area contributed by atoms with E-state index in [4.69, 9.17) is 17.3 Å². The van der Waals surface area contributed by atoms with E-state index in [0.29, 0.717) is 18.0 Å². The molecule has 1 aromatic rings. The van der Waals surface area contributed by atoms with Crippen LogP contribution in [0.2, 0.25) is 5.02 Å². The lowest BCUT2D eigenvalue weighted by atomic mass is 9.92. The number of carbonyl (C=O) groups is 1. The molecule has 1 heterocycles. The Morgan fingerprint density at radius 1 is 1.56 bits per heavy atom. The summed E-state index contributed by atoms with van der Waals surface area (Å²) in [5, 5.41) is 10.8. The van der Waals surface area contributed by atoms with Crippen molar-refractivity contribution in [3.8, 4) is 0 Å². The molecule has 0 spiro atoms. The standard InChI is InChI=1S/C13H17ClN2O2/c14-11-4-1-3-10(7-11)8-16-6-2-5-13(18,9-16)12(15)17/h1,3-4,7,18H,2,5-6,8-9H2,(H2,15,17). The Hall–Kier alpha value is -1.10. The van der Waals surface area contributed by atoms with Gasteiger partial charge >= 0.3 is 0 Å². The van der Waals surface area contributed by atoms with Gasteiger partial charge in [0.2, 0.25) is 0 Å². The highest BCUT2D eigenvalue weighted by molar-refractivity contribution is 6.30. The molecular formula is C13H17ClN2O2. The van der Waals surface area contributed by atoms with Crippen molar-refractivity contribution in [2.45, 2.75) is 25.0 Å². The lowest BCUT2D eigenvalue weighted by Crippen LogP contribution is -2.55. The van der Waals surface area contributed by atoms with Gasteiger partial charge < -0.3 is 10.8 Å². The highest BCUT2D eigenvalue weighted by Gasteiger charge is 2.38. The molecule has 0 radical (unpaired) electrons. The number of benzene rings is 1. The molecule has 0 aromatic heterocycles. The zero-order valence-corrected chi connectivity index (χ0v) is 10.9. The van der Waals surface area contributed by atoms with Gasteiger partial charge in [0.15, 0.2) is 5.60 Å². The first-order valence-corrected chi connectivity index (χ1v) is 6.36. The van der Waals surface area contributed by atoms with Crippen LogP contribution in [0.1, 0.15) is 18.4 Å². The summed E-state index contributed by atoms with van der Waals surface area (Å²) < 4.78 is 0. The molecule has 1 aromatic carbocycles. The summed E-state index contributed by atoms with van der Waals surface area (Å²) in [5.41, 5.74) is 4.92. The van der Waals surface area contributed by atoms with Gasteiger partial charge in [0.25, 0.3) is 5.91 Å². The molecule has 3 N–H and O–H groups in total. The number of amides is 1. The number of halogens is 1. The SMILES string of the molecule is NC(=O)C1(O)CCCN(Cc2cccc(Cl)c2)C1. The van der Waals surface area contributed by atoms with Gasteiger partial charge in [-0.1, -0.05) is 23.7 Å². The molecule has 0 aliphatic carbocycles. The summed E-state index contributed by atoms with van der Waals surface area (Å²) in [5.74, 6) is -0.640. The highest BCUT2D eigenvalue weighted by atomic mass is 35.5. The third-order valence-electron chi connectivity index (χ3n) is 3.30. The third kappa shape index (κ3) is 3.02. The molecule has 4 nitrogen and oxygen atoms in total. The molecule has 5 heteroatoms. The van der Waals surface area contributed by atoms with E-state index in [1.807, 2.05) is 29.2 Å². The molecule has 1 aliphatic heterocycles. The van der Waals surface area contributed by atoms with E-state index >= 15 is 0 Å². The second kappa shape index (κ2) is 5.26. The predicted octanol–water partition coefficient (Wildman–Crippen LogP) is 1.15. The molecule has 1 saturated heterocycles. The zero-order chi connectivity index (χ0) is 13.2. The minimum atomic E-state index is -1.39. The van der Waals surface area contributed by atoms with Crippen molar-refractivity contribution >= 4 is 17.5 Å². The van der Waals surface area contributed by atoms with Crippen LogP contribution in [0.15, 0.2) is 24.3 Å².